The lowest BCUT2D eigenvalue weighted by atomic mass is 10.1. The van der Waals surface area contributed by atoms with Gasteiger partial charge in [-0.1, -0.05) is 12.1 Å². The first-order chi connectivity index (χ1) is 13.2. The number of hydrogen-bond donors (Lipinski definition) is 1. The average Bonchev–Trinajstić information content (AvgIpc) is 2.68. The summed E-state index contributed by atoms with van der Waals surface area (Å²) in [5.41, 5.74) is 2.11. The lowest BCUT2D eigenvalue weighted by molar-refractivity contribution is -0.118. The molecule has 1 N–H and O–H groups in total. The number of morpholine rings is 1. The molecule has 0 atom stereocenters. The average molecular weight is 367 g/mol. The van der Waals surface area contributed by atoms with Crippen molar-refractivity contribution in [2.75, 3.05) is 38.2 Å². The van der Waals surface area contributed by atoms with Crippen molar-refractivity contribution in [2.45, 2.75) is 0 Å². The highest BCUT2D eigenvalue weighted by atomic mass is 19.1. The summed E-state index contributed by atoms with van der Waals surface area (Å²) in [6, 6.07) is 6.96. The van der Waals surface area contributed by atoms with Crippen LogP contribution in [0.1, 0.15) is 0 Å². The zero-order valence-corrected chi connectivity index (χ0v) is 14.6. The molecule has 1 fully saturated rings. The number of carbonyl (C=O) groups is 1. The van der Waals surface area contributed by atoms with Gasteiger partial charge in [-0.15, -0.1) is 0 Å². The number of aromatic nitrogens is 3. The van der Waals surface area contributed by atoms with Crippen molar-refractivity contribution in [3.8, 4) is 11.1 Å². The van der Waals surface area contributed by atoms with Gasteiger partial charge >= 0.3 is 0 Å². The van der Waals surface area contributed by atoms with Crippen molar-refractivity contribution >= 4 is 22.8 Å². The number of carbonyl (C=O) groups excluding carboxylic acids is 1. The topological polar surface area (TPSA) is 80.2 Å². The van der Waals surface area contributed by atoms with Crippen LogP contribution in [-0.2, 0) is 9.53 Å². The van der Waals surface area contributed by atoms with E-state index in [4.69, 9.17) is 4.74 Å². The van der Waals surface area contributed by atoms with Crippen LogP contribution >= 0.6 is 0 Å². The van der Waals surface area contributed by atoms with Gasteiger partial charge in [-0.2, -0.15) is 0 Å². The maximum atomic E-state index is 13.4. The lowest BCUT2D eigenvalue weighted by Gasteiger charge is -2.25. The van der Waals surface area contributed by atoms with E-state index in [1.54, 1.807) is 12.4 Å². The molecule has 0 unspecified atom stereocenters. The van der Waals surface area contributed by atoms with E-state index in [1.807, 2.05) is 23.1 Å². The van der Waals surface area contributed by atoms with Crippen LogP contribution in [0.5, 0.6) is 0 Å². The van der Waals surface area contributed by atoms with Crippen LogP contribution in [0.4, 0.5) is 10.3 Å². The number of benzene rings is 1. The summed E-state index contributed by atoms with van der Waals surface area (Å²) in [7, 11) is 0. The van der Waals surface area contributed by atoms with Crippen molar-refractivity contribution in [1.29, 1.82) is 0 Å². The minimum Gasteiger partial charge on any atom is -0.379 e. The summed E-state index contributed by atoms with van der Waals surface area (Å²) in [5, 5.41) is 3.56. The molecule has 1 saturated heterocycles. The fourth-order valence-electron chi connectivity index (χ4n) is 2.96. The van der Waals surface area contributed by atoms with E-state index in [0.29, 0.717) is 24.3 Å². The first kappa shape index (κ1) is 17.4. The summed E-state index contributed by atoms with van der Waals surface area (Å²) in [5.74, 6) is -0.316. The number of halogens is 1. The quantitative estimate of drug-likeness (QED) is 0.761. The van der Waals surface area contributed by atoms with E-state index >= 15 is 0 Å². The maximum absolute atomic E-state index is 13.4. The van der Waals surface area contributed by atoms with Gasteiger partial charge in [-0.3, -0.25) is 20.0 Å². The predicted molar refractivity (Wildman–Crippen MR) is 98.6 cm³/mol. The normalized spacial score (nSPS) is 15.0. The molecule has 0 bridgehead atoms. The second-order valence-electron chi connectivity index (χ2n) is 6.30. The van der Waals surface area contributed by atoms with Gasteiger partial charge in [-0.25, -0.2) is 14.4 Å². The van der Waals surface area contributed by atoms with Gasteiger partial charge in [0.25, 0.3) is 0 Å². The summed E-state index contributed by atoms with van der Waals surface area (Å²) >= 11 is 0. The van der Waals surface area contributed by atoms with E-state index in [1.165, 1.54) is 6.07 Å². The molecule has 0 aliphatic carbocycles. The Hall–Kier alpha value is -2.97. The molecule has 0 radical (unpaired) electrons. The van der Waals surface area contributed by atoms with Crippen LogP contribution < -0.4 is 5.32 Å². The third-order valence-electron chi connectivity index (χ3n) is 4.34. The van der Waals surface area contributed by atoms with Gasteiger partial charge in [0.15, 0.2) is 0 Å². The fourth-order valence-corrected chi connectivity index (χ4v) is 2.96. The van der Waals surface area contributed by atoms with E-state index in [2.05, 4.69) is 20.3 Å². The van der Waals surface area contributed by atoms with Gasteiger partial charge in [0.1, 0.15) is 5.82 Å². The number of hydrogen-bond acceptors (Lipinski definition) is 6. The van der Waals surface area contributed by atoms with Crippen LogP contribution in [0, 0.1) is 5.82 Å². The molecular formula is C19H18FN5O2. The van der Waals surface area contributed by atoms with Crippen molar-refractivity contribution in [2.24, 2.45) is 0 Å². The van der Waals surface area contributed by atoms with E-state index < -0.39 is 5.82 Å². The summed E-state index contributed by atoms with van der Waals surface area (Å²) in [6.07, 6.45) is 4.41. The van der Waals surface area contributed by atoms with Crippen LogP contribution in [0.15, 0.2) is 42.9 Å². The van der Waals surface area contributed by atoms with Gasteiger partial charge in [0, 0.05) is 36.4 Å². The fraction of sp³-hybridized carbons (Fsp3) is 0.263. The summed E-state index contributed by atoms with van der Waals surface area (Å²) in [6.45, 7) is 3.02. The highest BCUT2D eigenvalue weighted by molar-refractivity contribution is 5.92. The number of fused-ring (bicyclic) bond motifs is 1. The summed E-state index contributed by atoms with van der Waals surface area (Å²) in [4.78, 5) is 26.7. The molecule has 3 heterocycles. The Bertz CT molecular complexity index is 975. The van der Waals surface area contributed by atoms with Gasteiger partial charge in [0.2, 0.25) is 11.9 Å². The molecule has 0 saturated carbocycles. The number of anilines is 1. The first-order valence-corrected chi connectivity index (χ1v) is 8.65. The molecule has 4 rings (SSSR count). The number of nitrogens with zero attached hydrogens (tertiary/aromatic N) is 4. The van der Waals surface area contributed by atoms with E-state index in [-0.39, 0.29) is 18.4 Å². The van der Waals surface area contributed by atoms with Crippen molar-refractivity contribution in [3.05, 3.63) is 48.7 Å². The minimum absolute atomic E-state index is 0.165. The van der Waals surface area contributed by atoms with E-state index in [0.717, 1.165) is 30.2 Å². The number of ether oxygens (including phenoxy) is 1. The Balaban J connectivity index is 1.53. The Labute approximate surface area is 155 Å². The molecular weight excluding hydrogens is 349 g/mol. The highest BCUT2D eigenvalue weighted by Crippen LogP contribution is 2.23. The molecule has 27 heavy (non-hydrogen) atoms. The first-order valence-electron chi connectivity index (χ1n) is 8.65. The van der Waals surface area contributed by atoms with Crippen LogP contribution in [0.2, 0.25) is 0 Å². The molecule has 138 valence electrons. The Morgan fingerprint density at radius 3 is 2.81 bits per heavy atom. The van der Waals surface area contributed by atoms with Crippen molar-refractivity contribution in [1.82, 2.24) is 19.9 Å². The predicted octanol–water partition coefficient (Wildman–Crippen LogP) is 2.10. The highest BCUT2D eigenvalue weighted by Gasteiger charge is 2.15. The molecule has 1 aliphatic rings. The minimum atomic E-state index is -0.397. The smallest absolute Gasteiger partial charge is 0.240 e. The molecule has 8 heteroatoms. The second-order valence-corrected chi connectivity index (χ2v) is 6.30. The Morgan fingerprint density at radius 2 is 2.00 bits per heavy atom. The molecule has 1 aliphatic heterocycles. The molecule has 1 aromatic carbocycles. The van der Waals surface area contributed by atoms with Crippen LogP contribution in [0.25, 0.3) is 22.0 Å². The third-order valence-corrected chi connectivity index (χ3v) is 4.34. The standard InChI is InChI=1S/C19H18FN5O2/c20-16-7-15(9-21-11-16)13-1-2-14-10-22-19(23-17(14)8-13)24-18(26)12-25-3-5-27-6-4-25/h1-2,7-11H,3-6,12H2,(H,22,23,24,26). The van der Waals surface area contributed by atoms with Crippen molar-refractivity contribution in [3.63, 3.8) is 0 Å². The second kappa shape index (κ2) is 7.73. The summed E-state index contributed by atoms with van der Waals surface area (Å²) < 4.78 is 18.7. The molecule has 0 spiro atoms. The largest absolute Gasteiger partial charge is 0.379 e. The number of amides is 1. The maximum Gasteiger partial charge on any atom is 0.240 e. The molecule has 3 aromatic rings. The number of nitrogens with one attached hydrogen (secondary N) is 1. The molecule has 1 amide bonds. The number of rotatable bonds is 4. The van der Waals surface area contributed by atoms with Crippen LogP contribution in [0.3, 0.4) is 0 Å². The van der Waals surface area contributed by atoms with Gasteiger partial charge in [-0.05, 0) is 17.7 Å². The third kappa shape index (κ3) is 4.24. The van der Waals surface area contributed by atoms with Gasteiger partial charge < -0.3 is 4.74 Å². The number of pyridine rings is 1. The Morgan fingerprint density at radius 1 is 1.15 bits per heavy atom. The Kier molecular flexibility index (Phi) is 4.99. The van der Waals surface area contributed by atoms with Gasteiger partial charge in [0.05, 0.1) is 31.5 Å². The zero-order valence-electron chi connectivity index (χ0n) is 14.6. The van der Waals surface area contributed by atoms with Crippen LogP contribution in [-0.4, -0.2) is 58.6 Å². The lowest BCUT2D eigenvalue weighted by Crippen LogP contribution is -2.41. The molecule has 7 nitrogen and oxygen atoms in total. The van der Waals surface area contributed by atoms with Crippen molar-refractivity contribution < 1.29 is 13.9 Å². The zero-order chi connectivity index (χ0) is 18.6. The monoisotopic (exact) mass is 367 g/mol. The van der Waals surface area contributed by atoms with E-state index in [9.17, 15) is 9.18 Å². The molecule has 2 aromatic heterocycles. The SMILES string of the molecule is O=C(CN1CCOCC1)Nc1ncc2ccc(-c3cncc(F)c3)cc2n1.